The summed E-state index contributed by atoms with van der Waals surface area (Å²) in [6.07, 6.45) is 3.09. The van der Waals surface area contributed by atoms with Crippen LogP contribution in [-0.4, -0.2) is 0 Å². The van der Waals surface area contributed by atoms with Crippen molar-refractivity contribution in [3.63, 3.8) is 0 Å². The lowest BCUT2D eigenvalue weighted by molar-refractivity contribution is -0.126. The minimum Gasteiger partial charge on any atom is -0.0625 e. The Morgan fingerprint density at radius 1 is 0.833 bits per heavy atom. The molecule has 0 radical (unpaired) electrons. The molecule has 0 N–H and O–H groups in total. The molecule has 0 heterocycles. The van der Waals surface area contributed by atoms with Gasteiger partial charge in [0.05, 0.1) is 0 Å². The largest absolute Gasteiger partial charge is 0.0625 e. The standard InChI is InChI=1S/C12H22/c1-7(2)10-5-9-6-11(8(3)4)12(9)10/h7-12H,5-6H2,1-4H3. The molecule has 12 heavy (non-hydrogen) atoms. The summed E-state index contributed by atoms with van der Waals surface area (Å²) in [5.74, 6) is 6.31. The molecule has 2 fully saturated rings. The number of hydrogen-bond donors (Lipinski definition) is 0. The van der Waals surface area contributed by atoms with Crippen LogP contribution in [0.25, 0.3) is 0 Å². The van der Waals surface area contributed by atoms with Gasteiger partial charge in [0.25, 0.3) is 0 Å². The van der Waals surface area contributed by atoms with Crippen molar-refractivity contribution in [2.45, 2.75) is 40.5 Å². The summed E-state index contributed by atoms with van der Waals surface area (Å²) in [6.45, 7) is 9.60. The van der Waals surface area contributed by atoms with E-state index in [1.54, 1.807) is 12.8 Å². The Morgan fingerprint density at radius 3 is 1.50 bits per heavy atom. The van der Waals surface area contributed by atoms with Gasteiger partial charge in [-0.15, -0.1) is 0 Å². The second kappa shape index (κ2) is 2.75. The van der Waals surface area contributed by atoms with Gasteiger partial charge in [-0.2, -0.15) is 0 Å². The van der Waals surface area contributed by atoms with E-state index in [2.05, 4.69) is 27.7 Å². The van der Waals surface area contributed by atoms with Gasteiger partial charge in [-0.3, -0.25) is 0 Å². The molecule has 0 bridgehead atoms. The van der Waals surface area contributed by atoms with E-state index < -0.39 is 0 Å². The maximum atomic E-state index is 2.40. The molecular formula is C12H22. The molecule has 0 aromatic carbocycles. The normalized spacial score (nSPS) is 45.5. The predicted octanol–water partition coefficient (Wildman–Crippen LogP) is 3.57. The fraction of sp³-hybridized carbons (Fsp3) is 1.00. The van der Waals surface area contributed by atoms with Crippen molar-refractivity contribution < 1.29 is 0 Å². The zero-order valence-electron chi connectivity index (χ0n) is 8.88. The van der Waals surface area contributed by atoms with E-state index in [0.29, 0.717) is 0 Å². The quantitative estimate of drug-likeness (QED) is 0.588. The van der Waals surface area contributed by atoms with Crippen molar-refractivity contribution in [1.82, 2.24) is 0 Å². The lowest BCUT2D eigenvalue weighted by Gasteiger charge is -2.61. The number of rotatable bonds is 2. The van der Waals surface area contributed by atoms with Crippen LogP contribution in [0.4, 0.5) is 0 Å². The molecule has 2 aliphatic carbocycles. The summed E-state index contributed by atoms with van der Waals surface area (Å²) in [4.78, 5) is 0. The highest BCUT2D eigenvalue weighted by molar-refractivity contribution is 5.03. The van der Waals surface area contributed by atoms with E-state index in [1.165, 1.54) is 0 Å². The predicted molar refractivity (Wildman–Crippen MR) is 52.9 cm³/mol. The van der Waals surface area contributed by atoms with Crippen molar-refractivity contribution >= 4 is 0 Å². The lowest BCUT2D eigenvalue weighted by atomic mass is 9.44. The zero-order chi connectivity index (χ0) is 8.88. The van der Waals surface area contributed by atoms with Crippen LogP contribution in [0.3, 0.4) is 0 Å². The Morgan fingerprint density at radius 2 is 1.25 bits per heavy atom. The molecule has 2 aliphatic rings. The lowest BCUT2D eigenvalue weighted by Crippen LogP contribution is -2.54. The molecule has 2 atom stereocenters. The average molecular weight is 166 g/mol. The molecule has 2 saturated carbocycles. The van der Waals surface area contributed by atoms with Crippen LogP contribution in [-0.2, 0) is 0 Å². The van der Waals surface area contributed by atoms with Gasteiger partial charge < -0.3 is 0 Å². The topological polar surface area (TPSA) is 0 Å². The SMILES string of the molecule is CC(C)C1CC2CC(C(C)C)C21. The second-order valence-corrected chi connectivity index (χ2v) is 5.62. The Hall–Kier alpha value is 0. The molecule has 0 aliphatic heterocycles. The summed E-state index contributed by atoms with van der Waals surface area (Å²) in [7, 11) is 0. The van der Waals surface area contributed by atoms with Crippen LogP contribution >= 0.6 is 0 Å². The maximum absolute atomic E-state index is 2.40. The molecule has 2 unspecified atom stereocenters. The summed E-state index contributed by atoms with van der Waals surface area (Å²) >= 11 is 0. The molecule has 0 aromatic heterocycles. The zero-order valence-corrected chi connectivity index (χ0v) is 8.88. The summed E-state index contributed by atoms with van der Waals surface area (Å²) in [5, 5.41) is 0. The number of fused-ring (bicyclic) bond motifs is 1. The van der Waals surface area contributed by atoms with Crippen LogP contribution < -0.4 is 0 Å². The van der Waals surface area contributed by atoms with Crippen LogP contribution in [0, 0.1) is 35.5 Å². The Labute approximate surface area is 76.7 Å². The first-order chi connectivity index (χ1) is 5.61. The maximum Gasteiger partial charge on any atom is -0.0324 e. The summed E-state index contributed by atoms with van der Waals surface area (Å²) < 4.78 is 0. The Kier molecular flexibility index (Phi) is 1.97. The highest BCUT2D eigenvalue weighted by Gasteiger charge is 2.54. The summed E-state index contributed by atoms with van der Waals surface area (Å²) in [5.41, 5.74) is 0. The van der Waals surface area contributed by atoms with Crippen LogP contribution in [0.1, 0.15) is 40.5 Å². The minimum absolute atomic E-state index is 0.938. The first-order valence-electron chi connectivity index (χ1n) is 5.61. The van der Waals surface area contributed by atoms with Crippen LogP contribution in [0.15, 0.2) is 0 Å². The third-order valence-corrected chi connectivity index (χ3v) is 4.40. The monoisotopic (exact) mass is 166 g/mol. The van der Waals surface area contributed by atoms with Crippen molar-refractivity contribution in [2.75, 3.05) is 0 Å². The molecule has 0 heteroatoms. The Balaban J connectivity index is 1.93. The van der Waals surface area contributed by atoms with Crippen molar-refractivity contribution in [3.05, 3.63) is 0 Å². The first kappa shape index (κ1) is 8.59. The van der Waals surface area contributed by atoms with E-state index in [4.69, 9.17) is 0 Å². The van der Waals surface area contributed by atoms with E-state index >= 15 is 0 Å². The Bertz CT molecular complexity index is 151. The van der Waals surface area contributed by atoms with Gasteiger partial charge in [0.2, 0.25) is 0 Å². The van der Waals surface area contributed by atoms with Gasteiger partial charge in [0.15, 0.2) is 0 Å². The van der Waals surface area contributed by atoms with Crippen molar-refractivity contribution in [1.29, 1.82) is 0 Å². The molecule has 0 aromatic rings. The number of hydrogen-bond acceptors (Lipinski definition) is 0. The fourth-order valence-electron chi connectivity index (χ4n) is 3.48. The first-order valence-corrected chi connectivity index (χ1v) is 5.61. The molecule has 0 spiro atoms. The smallest absolute Gasteiger partial charge is 0.0324 e. The fourth-order valence-corrected chi connectivity index (χ4v) is 3.48. The highest BCUT2D eigenvalue weighted by Crippen LogP contribution is 2.61. The van der Waals surface area contributed by atoms with Gasteiger partial charge in [-0.25, -0.2) is 0 Å². The summed E-state index contributed by atoms with van der Waals surface area (Å²) in [6, 6.07) is 0. The van der Waals surface area contributed by atoms with E-state index in [9.17, 15) is 0 Å². The molecule has 0 amide bonds. The average Bonchev–Trinajstić information content (AvgIpc) is 1.92. The third-order valence-electron chi connectivity index (χ3n) is 4.40. The van der Waals surface area contributed by atoms with Crippen molar-refractivity contribution in [2.24, 2.45) is 35.5 Å². The van der Waals surface area contributed by atoms with Crippen LogP contribution in [0.2, 0.25) is 0 Å². The minimum atomic E-state index is 0.938. The van der Waals surface area contributed by atoms with Gasteiger partial charge >= 0.3 is 0 Å². The van der Waals surface area contributed by atoms with E-state index in [-0.39, 0.29) is 0 Å². The van der Waals surface area contributed by atoms with Gasteiger partial charge in [0, 0.05) is 0 Å². The molecule has 70 valence electrons. The van der Waals surface area contributed by atoms with Crippen LogP contribution in [0.5, 0.6) is 0 Å². The van der Waals surface area contributed by atoms with Gasteiger partial charge in [-0.05, 0) is 48.3 Å². The second-order valence-electron chi connectivity index (χ2n) is 5.62. The molecule has 0 saturated heterocycles. The molecular weight excluding hydrogens is 144 g/mol. The van der Waals surface area contributed by atoms with Crippen molar-refractivity contribution in [3.8, 4) is 0 Å². The third kappa shape index (κ3) is 1.03. The van der Waals surface area contributed by atoms with E-state index in [1.807, 2.05) is 0 Å². The highest BCUT2D eigenvalue weighted by atomic mass is 14.6. The molecule has 2 rings (SSSR count). The van der Waals surface area contributed by atoms with E-state index in [0.717, 1.165) is 35.5 Å². The van der Waals surface area contributed by atoms with Gasteiger partial charge in [0.1, 0.15) is 0 Å². The molecule has 0 nitrogen and oxygen atoms in total. The van der Waals surface area contributed by atoms with Gasteiger partial charge in [-0.1, -0.05) is 27.7 Å².